The Morgan fingerprint density at radius 3 is 2.50 bits per heavy atom. The van der Waals surface area contributed by atoms with E-state index in [2.05, 4.69) is 5.32 Å². The monoisotopic (exact) mass is 301 g/mol. The van der Waals surface area contributed by atoms with Gasteiger partial charge in [0.1, 0.15) is 0 Å². The summed E-state index contributed by atoms with van der Waals surface area (Å²) < 4.78 is 0. The van der Waals surface area contributed by atoms with Crippen LogP contribution in [0.3, 0.4) is 0 Å². The van der Waals surface area contributed by atoms with Gasteiger partial charge in [-0.3, -0.25) is 9.59 Å². The zero-order valence-corrected chi connectivity index (χ0v) is 13.2. The van der Waals surface area contributed by atoms with Crippen molar-refractivity contribution in [3.63, 3.8) is 0 Å². The number of nitrogens with zero attached hydrogens (tertiary/aromatic N) is 2. The SMILES string of the molecule is CCN(C)C(=O)c1cccc(C(=O)N2C[C@H]3CNC[C@H]3C2)c1. The maximum absolute atomic E-state index is 12.7. The highest BCUT2D eigenvalue weighted by Gasteiger charge is 2.38. The van der Waals surface area contributed by atoms with Crippen molar-refractivity contribution in [2.45, 2.75) is 6.92 Å². The van der Waals surface area contributed by atoms with Crippen LogP contribution in [0.5, 0.6) is 0 Å². The number of carbonyl (C=O) groups is 2. The molecule has 0 spiro atoms. The third kappa shape index (κ3) is 2.73. The van der Waals surface area contributed by atoms with E-state index in [1.54, 1.807) is 36.2 Å². The van der Waals surface area contributed by atoms with Crippen LogP contribution in [0.4, 0.5) is 0 Å². The van der Waals surface area contributed by atoms with Crippen molar-refractivity contribution in [2.75, 3.05) is 39.8 Å². The Morgan fingerprint density at radius 1 is 1.23 bits per heavy atom. The van der Waals surface area contributed by atoms with Crippen LogP contribution >= 0.6 is 0 Å². The number of fused-ring (bicyclic) bond motifs is 1. The molecule has 2 fully saturated rings. The standard InChI is InChI=1S/C17H23N3O2/c1-3-19(2)16(21)12-5-4-6-13(7-12)17(22)20-10-14-8-18-9-15(14)11-20/h4-7,14-15,18H,3,8-11H2,1-2H3/t14-,15+. The first-order valence-corrected chi connectivity index (χ1v) is 7.95. The molecular weight excluding hydrogens is 278 g/mol. The number of likely N-dealkylation sites (tertiary alicyclic amines) is 1. The normalized spacial score (nSPS) is 23.5. The lowest BCUT2D eigenvalue weighted by atomic mass is 10.0. The molecule has 1 aromatic rings. The minimum Gasteiger partial charge on any atom is -0.342 e. The molecule has 0 aliphatic carbocycles. The molecule has 2 aliphatic heterocycles. The molecule has 118 valence electrons. The molecular formula is C17H23N3O2. The summed E-state index contributed by atoms with van der Waals surface area (Å²) in [5, 5.41) is 3.38. The van der Waals surface area contributed by atoms with Gasteiger partial charge in [0.15, 0.2) is 0 Å². The number of rotatable bonds is 3. The van der Waals surface area contributed by atoms with Crippen LogP contribution in [-0.4, -0.2) is 61.4 Å². The van der Waals surface area contributed by atoms with E-state index in [1.807, 2.05) is 11.8 Å². The van der Waals surface area contributed by atoms with Gasteiger partial charge in [0, 0.05) is 50.9 Å². The van der Waals surface area contributed by atoms with Gasteiger partial charge in [-0.15, -0.1) is 0 Å². The fourth-order valence-corrected chi connectivity index (χ4v) is 3.35. The van der Waals surface area contributed by atoms with Crippen molar-refractivity contribution >= 4 is 11.8 Å². The largest absolute Gasteiger partial charge is 0.342 e. The Balaban J connectivity index is 1.75. The zero-order valence-electron chi connectivity index (χ0n) is 13.2. The zero-order chi connectivity index (χ0) is 15.7. The molecule has 5 heteroatoms. The molecule has 3 rings (SSSR count). The molecule has 2 heterocycles. The lowest BCUT2D eigenvalue weighted by molar-refractivity contribution is 0.0781. The van der Waals surface area contributed by atoms with E-state index in [9.17, 15) is 9.59 Å². The second kappa shape index (κ2) is 6.08. The molecule has 0 aromatic heterocycles. The molecule has 0 bridgehead atoms. The van der Waals surface area contributed by atoms with Gasteiger partial charge in [-0.05, 0) is 37.0 Å². The predicted octanol–water partition coefficient (Wildman–Crippen LogP) is 1.07. The molecule has 0 radical (unpaired) electrons. The van der Waals surface area contributed by atoms with Crippen LogP contribution in [0.1, 0.15) is 27.6 Å². The van der Waals surface area contributed by atoms with Gasteiger partial charge >= 0.3 is 0 Å². The molecule has 2 atom stereocenters. The molecule has 1 aromatic carbocycles. The molecule has 0 unspecified atom stereocenters. The topological polar surface area (TPSA) is 52.7 Å². The van der Waals surface area contributed by atoms with Crippen molar-refractivity contribution in [2.24, 2.45) is 11.8 Å². The number of carbonyl (C=O) groups excluding carboxylic acids is 2. The Hall–Kier alpha value is -1.88. The van der Waals surface area contributed by atoms with Gasteiger partial charge in [-0.1, -0.05) is 6.07 Å². The van der Waals surface area contributed by atoms with Gasteiger partial charge in [0.2, 0.25) is 0 Å². The summed E-state index contributed by atoms with van der Waals surface area (Å²) in [5.74, 6) is 1.17. The minimum atomic E-state index is -0.0420. The third-order valence-electron chi connectivity index (χ3n) is 4.85. The van der Waals surface area contributed by atoms with Crippen LogP contribution in [0.2, 0.25) is 0 Å². The maximum atomic E-state index is 12.7. The van der Waals surface area contributed by atoms with Crippen LogP contribution in [-0.2, 0) is 0 Å². The smallest absolute Gasteiger partial charge is 0.253 e. The first kappa shape index (κ1) is 15.0. The molecule has 1 N–H and O–H groups in total. The predicted molar refractivity (Wildman–Crippen MR) is 84.8 cm³/mol. The summed E-state index contributed by atoms with van der Waals surface area (Å²) in [7, 11) is 1.77. The summed E-state index contributed by atoms with van der Waals surface area (Å²) in [6.07, 6.45) is 0. The van der Waals surface area contributed by atoms with E-state index < -0.39 is 0 Å². The number of amides is 2. The van der Waals surface area contributed by atoms with Gasteiger partial charge in [-0.25, -0.2) is 0 Å². The Morgan fingerprint density at radius 2 is 1.86 bits per heavy atom. The summed E-state index contributed by atoms with van der Waals surface area (Å²) >= 11 is 0. The first-order valence-electron chi connectivity index (χ1n) is 7.95. The molecule has 0 saturated carbocycles. The van der Waals surface area contributed by atoms with Gasteiger partial charge < -0.3 is 15.1 Å². The molecule has 5 nitrogen and oxygen atoms in total. The average molecular weight is 301 g/mol. The number of hydrogen-bond acceptors (Lipinski definition) is 3. The van der Waals surface area contributed by atoms with E-state index in [1.165, 1.54) is 0 Å². The van der Waals surface area contributed by atoms with E-state index >= 15 is 0 Å². The minimum absolute atomic E-state index is 0.0420. The third-order valence-corrected chi connectivity index (χ3v) is 4.85. The van der Waals surface area contributed by atoms with Crippen molar-refractivity contribution in [3.05, 3.63) is 35.4 Å². The van der Waals surface area contributed by atoms with Crippen LogP contribution in [0, 0.1) is 11.8 Å². The molecule has 2 saturated heterocycles. The van der Waals surface area contributed by atoms with Crippen molar-refractivity contribution in [3.8, 4) is 0 Å². The van der Waals surface area contributed by atoms with Crippen molar-refractivity contribution in [1.82, 2.24) is 15.1 Å². The van der Waals surface area contributed by atoms with Gasteiger partial charge in [0.25, 0.3) is 11.8 Å². The number of nitrogens with one attached hydrogen (secondary N) is 1. The van der Waals surface area contributed by atoms with Crippen LogP contribution in [0.25, 0.3) is 0 Å². The molecule has 22 heavy (non-hydrogen) atoms. The van der Waals surface area contributed by atoms with Gasteiger partial charge in [-0.2, -0.15) is 0 Å². The fraction of sp³-hybridized carbons (Fsp3) is 0.529. The molecule has 2 aliphatic rings. The van der Waals surface area contributed by atoms with E-state index in [0.717, 1.165) is 26.2 Å². The van der Waals surface area contributed by atoms with Crippen LogP contribution in [0.15, 0.2) is 24.3 Å². The highest BCUT2D eigenvalue weighted by atomic mass is 16.2. The number of benzene rings is 1. The lowest BCUT2D eigenvalue weighted by Crippen LogP contribution is -2.32. The highest BCUT2D eigenvalue weighted by Crippen LogP contribution is 2.27. The maximum Gasteiger partial charge on any atom is 0.253 e. The Labute approximate surface area is 131 Å². The summed E-state index contributed by atoms with van der Waals surface area (Å²) in [6.45, 7) is 6.25. The Kier molecular flexibility index (Phi) is 4.16. The lowest BCUT2D eigenvalue weighted by Gasteiger charge is -2.19. The quantitative estimate of drug-likeness (QED) is 0.908. The second-order valence-corrected chi connectivity index (χ2v) is 6.29. The Bertz CT molecular complexity index is 575. The summed E-state index contributed by atoms with van der Waals surface area (Å²) in [4.78, 5) is 28.5. The average Bonchev–Trinajstić information content (AvgIpc) is 3.14. The second-order valence-electron chi connectivity index (χ2n) is 6.29. The van der Waals surface area contributed by atoms with Crippen molar-refractivity contribution < 1.29 is 9.59 Å². The van der Waals surface area contributed by atoms with E-state index in [4.69, 9.17) is 0 Å². The van der Waals surface area contributed by atoms with E-state index in [0.29, 0.717) is 29.5 Å². The van der Waals surface area contributed by atoms with Gasteiger partial charge in [0.05, 0.1) is 0 Å². The summed E-state index contributed by atoms with van der Waals surface area (Å²) in [5.41, 5.74) is 1.19. The number of hydrogen-bond donors (Lipinski definition) is 1. The highest BCUT2D eigenvalue weighted by molar-refractivity contribution is 5.99. The van der Waals surface area contributed by atoms with E-state index in [-0.39, 0.29) is 11.8 Å². The molecule has 2 amide bonds. The fourth-order valence-electron chi connectivity index (χ4n) is 3.35. The first-order chi connectivity index (χ1) is 10.6. The van der Waals surface area contributed by atoms with Crippen molar-refractivity contribution in [1.29, 1.82) is 0 Å². The summed E-state index contributed by atoms with van der Waals surface area (Å²) in [6, 6.07) is 7.09. The van der Waals surface area contributed by atoms with Crippen LogP contribution < -0.4 is 5.32 Å².